The van der Waals surface area contributed by atoms with Gasteiger partial charge in [0.15, 0.2) is 0 Å². The molecule has 0 aromatic heterocycles. The molecule has 0 saturated carbocycles. The van der Waals surface area contributed by atoms with E-state index in [9.17, 15) is 4.79 Å². The Balaban J connectivity index is 2.33. The lowest BCUT2D eigenvalue weighted by Crippen LogP contribution is -2.19. The minimum absolute atomic E-state index is 0.0125. The minimum Gasteiger partial charge on any atom is -0.497 e. The van der Waals surface area contributed by atoms with Gasteiger partial charge < -0.3 is 14.8 Å². The number of benzene rings is 2. The van der Waals surface area contributed by atoms with Crippen molar-refractivity contribution in [1.29, 1.82) is 0 Å². The molecule has 4 heteroatoms. The Morgan fingerprint density at radius 2 is 1.78 bits per heavy atom. The number of hydrogen-bond acceptors (Lipinski definition) is 3. The van der Waals surface area contributed by atoms with Gasteiger partial charge in [0.1, 0.15) is 11.5 Å². The molecule has 2 aromatic rings. The molecule has 1 atom stereocenters. The number of amides is 1. The maximum absolute atomic E-state index is 12.1. The number of ether oxygens (including phenoxy) is 2. The maximum atomic E-state index is 12.1. The van der Waals surface area contributed by atoms with Gasteiger partial charge in [-0.1, -0.05) is 26.0 Å². The zero-order chi connectivity index (χ0) is 16.8. The second-order valence-corrected chi connectivity index (χ2v) is 5.44. The van der Waals surface area contributed by atoms with Gasteiger partial charge in [0.25, 0.3) is 0 Å². The Labute approximate surface area is 137 Å². The lowest BCUT2D eigenvalue weighted by molar-refractivity contribution is -0.119. The predicted molar refractivity (Wildman–Crippen MR) is 93.1 cm³/mol. The second-order valence-electron chi connectivity index (χ2n) is 5.44. The van der Waals surface area contributed by atoms with Crippen LogP contribution in [-0.2, 0) is 4.79 Å². The van der Waals surface area contributed by atoms with Gasteiger partial charge in [-0.05, 0) is 42.3 Å². The van der Waals surface area contributed by atoms with Crippen LogP contribution in [0.3, 0.4) is 0 Å². The summed E-state index contributed by atoms with van der Waals surface area (Å²) in [5, 5.41) is 2.96. The molecule has 0 spiro atoms. The summed E-state index contributed by atoms with van der Waals surface area (Å²) in [4.78, 5) is 12.1. The summed E-state index contributed by atoms with van der Waals surface area (Å²) in [7, 11) is 3.28. The van der Waals surface area contributed by atoms with Crippen molar-refractivity contribution in [3.63, 3.8) is 0 Å². The molecule has 1 N–H and O–H groups in total. The zero-order valence-corrected chi connectivity index (χ0v) is 14.1. The molecule has 4 nitrogen and oxygen atoms in total. The molecule has 0 saturated heterocycles. The molecule has 2 aromatic carbocycles. The maximum Gasteiger partial charge on any atom is 0.227 e. The molecule has 0 aliphatic rings. The fourth-order valence-electron chi connectivity index (χ4n) is 2.23. The highest BCUT2D eigenvalue weighted by Gasteiger charge is 2.13. The van der Waals surface area contributed by atoms with E-state index in [1.54, 1.807) is 14.2 Å². The van der Waals surface area contributed by atoms with Crippen LogP contribution in [0.4, 0.5) is 5.69 Å². The van der Waals surface area contributed by atoms with Gasteiger partial charge in [0.05, 0.1) is 14.2 Å². The molecule has 0 bridgehead atoms. The molecule has 1 unspecified atom stereocenters. The number of methoxy groups -OCH3 is 2. The number of carbonyl (C=O) groups is 1. The third-order valence-corrected chi connectivity index (χ3v) is 3.93. The van der Waals surface area contributed by atoms with E-state index in [-0.39, 0.29) is 11.8 Å². The van der Waals surface area contributed by atoms with Crippen molar-refractivity contribution in [2.75, 3.05) is 19.5 Å². The van der Waals surface area contributed by atoms with Crippen molar-refractivity contribution in [2.24, 2.45) is 5.92 Å². The first-order valence-corrected chi connectivity index (χ1v) is 7.72. The van der Waals surface area contributed by atoms with Crippen molar-refractivity contribution in [3.05, 3.63) is 42.5 Å². The van der Waals surface area contributed by atoms with E-state index in [1.165, 1.54) is 0 Å². The first-order valence-electron chi connectivity index (χ1n) is 7.72. The Morgan fingerprint density at radius 3 is 2.35 bits per heavy atom. The topological polar surface area (TPSA) is 47.6 Å². The number of anilines is 1. The fraction of sp³-hybridized carbons (Fsp3) is 0.316. The van der Waals surface area contributed by atoms with Crippen LogP contribution in [0.1, 0.15) is 20.3 Å². The quantitative estimate of drug-likeness (QED) is 0.862. The number of nitrogens with one attached hydrogen (secondary N) is 1. The number of rotatable bonds is 6. The van der Waals surface area contributed by atoms with Gasteiger partial charge in [-0.15, -0.1) is 0 Å². The standard InChI is InChI=1S/C19H23NO3/c1-5-13(2)19(21)20-15-8-11-18(23-4)17(12-15)14-6-9-16(22-3)10-7-14/h6-13H,5H2,1-4H3,(H,20,21). The normalized spacial score (nSPS) is 11.7. The molecule has 0 aliphatic heterocycles. The van der Waals surface area contributed by atoms with Crippen LogP contribution in [0.15, 0.2) is 42.5 Å². The first-order chi connectivity index (χ1) is 11.1. The Hall–Kier alpha value is -2.49. The van der Waals surface area contributed by atoms with Gasteiger partial charge in [0, 0.05) is 17.2 Å². The van der Waals surface area contributed by atoms with Crippen molar-refractivity contribution in [1.82, 2.24) is 0 Å². The summed E-state index contributed by atoms with van der Waals surface area (Å²) in [6, 6.07) is 13.4. The molecule has 122 valence electrons. The molecule has 23 heavy (non-hydrogen) atoms. The van der Waals surface area contributed by atoms with Crippen LogP contribution >= 0.6 is 0 Å². The number of hydrogen-bond donors (Lipinski definition) is 1. The predicted octanol–water partition coefficient (Wildman–Crippen LogP) is 4.36. The van der Waals surface area contributed by atoms with Crippen LogP contribution in [0.5, 0.6) is 11.5 Å². The van der Waals surface area contributed by atoms with Gasteiger partial charge in [-0.2, -0.15) is 0 Å². The first kappa shape index (κ1) is 16.9. The van der Waals surface area contributed by atoms with E-state index in [1.807, 2.05) is 56.3 Å². The van der Waals surface area contributed by atoms with Crippen molar-refractivity contribution < 1.29 is 14.3 Å². The van der Waals surface area contributed by atoms with Crippen LogP contribution in [0.2, 0.25) is 0 Å². The van der Waals surface area contributed by atoms with Gasteiger partial charge >= 0.3 is 0 Å². The molecule has 2 rings (SSSR count). The largest absolute Gasteiger partial charge is 0.497 e. The fourth-order valence-corrected chi connectivity index (χ4v) is 2.23. The van der Waals surface area contributed by atoms with Crippen molar-refractivity contribution in [2.45, 2.75) is 20.3 Å². The van der Waals surface area contributed by atoms with Crippen LogP contribution in [-0.4, -0.2) is 20.1 Å². The minimum atomic E-state index is -0.0125. The van der Waals surface area contributed by atoms with E-state index >= 15 is 0 Å². The Morgan fingerprint density at radius 1 is 1.09 bits per heavy atom. The van der Waals surface area contributed by atoms with Crippen LogP contribution in [0.25, 0.3) is 11.1 Å². The third-order valence-electron chi connectivity index (χ3n) is 3.93. The molecule has 0 radical (unpaired) electrons. The average molecular weight is 313 g/mol. The van der Waals surface area contributed by atoms with E-state index in [0.717, 1.165) is 34.7 Å². The average Bonchev–Trinajstić information content (AvgIpc) is 2.60. The van der Waals surface area contributed by atoms with Crippen LogP contribution < -0.4 is 14.8 Å². The molecular formula is C19H23NO3. The monoisotopic (exact) mass is 313 g/mol. The highest BCUT2D eigenvalue weighted by atomic mass is 16.5. The summed E-state index contributed by atoms with van der Waals surface area (Å²) in [6.07, 6.45) is 0.813. The molecule has 0 aliphatic carbocycles. The van der Waals surface area contributed by atoms with Gasteiger partial charge in [-0.25, -0.2) is 0 Å². The summed E-state index contributed by atoms with van der Waals surface area (Å²) in [6.45, 7) is 3.92. The van der Waals surface area contributed by atoms with Crippen molar-refractivity contribution >= 4 is 11.6 Å². The van der Waals surface area contributed by atoms with Gasteiger partial charge in [0.2, 0.25) is 5.91 Å². The second kappa shape index (κ2) is 7.68. The highest BCUT2D eigenvalue weighted by Crippen LogP contribution is 2.33. The lowest BCUT2D eigenvalue weighted by atomic mass is 10.0. The lowest BCUT2D eigenvalue weighted by Gasteiger charge is -2.14. The SMILES string of the molecule is CCC(C)C(=O)Nc1ccc(OC)c(-c2ccc(OC)cc2)c1. The summed E-state index contributed by atoms with van der Waals surface area (Å²) in [5.41, 5.74) is 2.70. The molecule has 0 heterocycles. The van der Waals surface area contributed by atoms with Crippen molar-refractivity contribution in [3.8, 4) is 22.6 Å². The van der Waals surface area contributed by atoms with Gasteiger partial charge in [-0.3, -0.25) is 4.79 Å². The van der Waals surface area contributed by atoms with E-state index in [2.05, 4.69) is 5.32 Å². The summed E-state index contributed by atoms with van der Waals surface area (Å²) in [5.74, 6) is 1.57. The molecule has 1 amide bonds. The number of carbonyl (C=O) groups excluding carboxylic acids is 1. The Bertz CT molecular complexity index is 665. The van der Waals surface area contributed by atoms with E-state index < -0.39 is 0 Å². The smallest absolute Gasteiger partial charge is 0.227 e. The van der Waals surface area contributed by atoms with Crippen LogP contribution in [0, 0.1) is 5.92 Å². The zero-order valence-electron chi connectivity index (χ0n) is 14.1. The third kappa shape index (κ3) is 4.03. The summed E-state index contributed by atoms with van der Waals surface area (Å²) >= 11 is 0. The van der Waals surface area contributed by atoms with E-state index in [4.69, 9.17) is 9.47 Å². The highest BCUT2D eigenvalue weighted by molar-refractivity contribution is 5.93. The summed E-state index contributed by atoms with van der Waals surface area (Å²) < 4.78 is 10.6. The Kier molecular flexibility index (Phi) is 5.63. The molecule has 0 fully saturated rings. The molecular weight excluding hydrogens is 290 g/mol. The van der Waals surface area contributed by atoms with E-state index in [0.29, 0.717) is 0 Å².